The van der Waals surface area contributed by atoms with Gasteiger partial charge in [0.05, 0.1) is 17.4 Å². The van der Waals surface area contributed by atoms with Crippen molar-refractivity contribution < 1.29 is 0 Å². The minimum Gasteiger partial charge on any atom is -0.245 e. The van der Waals surface area contributed by atoms with Crippen molar-refractivity contribution in [3.05, 3.63) is 88.9 Å². The molecule has 0 unspecified atom stereocenters. The molecule has 3 aromatic carbocycles. The molecular weight excluding hydrogens is 356 g/mol. The molecule has 0 saturated heterocycles. The van der Waals surface area contributed by atoms with E-state index in [-0.39, 0.29) is 0 Å². The lowest BCUT2D eigenvalue weighted by Crippen LogP contribution is -2.00. The molecule has 0 spiro atoms. The van der Waals surface area contributed by atoms with Crippen LogP contribution in [0, 0.1) is 6.92 Å². The summed E-state index contributed by atoms with van der Waals surface area (Å²) in [5, 5.41) is 5.90. The van der Waals surface area contributed by atoms with Gasteiger partial charge in [0, 0.05) is 21.5 Å². The molecule has 1 aromatic heterocycles. The number of hydrazone groups is 1. The zero-order valence-corrected chi connectivity index (χ0v) is 15.5. The Kier molecular flexibility index (Phi) is 4.81. The average Bonchev–Trinajstić information content (AvgIpc) is 2.70. The summed E-state index contributed by atoms with van der Waals surface area (Å²) in [5.74, 6) is 0.438. The van der Waals surface area contributed by atoms with E-state index < -0.39 is 0 Å². The molecular formula is C22H17ClN4. The fraction of sp³-hybridized carbons (Fsp3) is 0.0455. The Morgan fingerprint density at radius 1 is 0.926 bits per heavy atom. The van der Waals surface area contributed by atoms with Crippen LogP contribution in [0.25, 0.3) is 22.2 Å². The Hall–Kier alpha value is -3.24. The first-order valence-corrected chi connectivity index (χ1v) is 8.96. The predicted octanol–water partition coefficient (Wildman–Crippen LogP) is 5.70. The van der Waals surface area contributed by atoms with Gasteiger partial charge in [-0.1, -0.05) is 71.8 Å². The third-order valence-electron chi connectivity index (χ3n) is 4.17. The molecule has 27 heavy (non-hydrogen) atoms. The van der Waals surface area contributed by atoms with Crippen LogP contribution in [-0.2, 0) is 0 Å². The zero-order chi connectivity index (χ0) is 18.6. The van der Waals surface area contributed by atoms with Crippen LogP contribution in [0.1, 0.15) is 11.1 Å². The van der Waals surface area contributed by atoms with Gasteiger partial charge < -0.3 is 0 Å². The molecule has 4 rings (SSSR count). The van der Waals surface area contributed by atoms with Crippen LogP contribution in [0.4, 0.5) is 5.95 Å². The number of benzene rings is 3. The largest absolute Gasteiger partial charge is 0.245 e. The van der Waals surface area contributed by atoms with E-state index in [1.165, 1.54) is 5.56 Å². The number of aryl methyl sites for hydroxylation is 1. The SMILES string of the molecule is Cc1ccc2nc(NN=Cc3ccccc3Cl)nc(-c3ccccc3)c2c1. The summed E-state index contributed by atoms with van der Waals surface area (Å²) in [4.78, 5) is 9.28. The van der Waals surface area contributed by atoms with E-state index >= 15 is 0 Å². The summed E-state index contributed by atoms with van der Waals surface area (Å²) >= 11 is 6.15. The second-order valence-corrected chi connectivity index (χ2v) is 6.58. The van der Waals surface area contributed by atoms with Gasteiger partial charge in [-0.05, 0) is 25.1 Å². The Labute approximate surface area is 162 Å². The summed E-state index contributed by atoms with van der Waals surface area (Å²) in [6, 6.07) is 23.7. The van der Waals surface area contributed by atoms with Crippen LogP contribution < -0.4 is 5.43 Å². The maximum absolute atomic E-state index is 6.15. The molecule has 5 heteroatoms. The van der Waals surface area contributed by atoms with Gasteiger partial charge >= 0.3 is 0 Å². The second-order valence-electron chi connectivity index (χ2n) is 6.17. The molecule has 1 N–H and O–H groups in total. The van der Waals surface area contributed by atoms with Crippen LogP contribution in [0.3, 0.4) is 0 Å². The summed E-state index contributed by atoms with van der Waals surface area (Å²) < 4.78 is 0. The van der Waals surface area contributed by atoms with E-state index in [4.69, 9.17) is 16.6 Å². The van der Waals surface area contributed by atoms with E-state index in [1.54, 1.807) is 6.21 Å². The van der Waals surface area contributed by atoms with E-state index in [0.717, 1.165) is 27.7 Å². The Morgan fingerprint density at radius 3 is 2.52 bits per heavy atom. The topological polar surface area (TPSA) is 50.2 Å². The van der Waals surface area contributed by atoms with Gasteiger partial charge in [0.2, 0.25) is 5.95 Å². The molecule has 0 fully saturated rings. The maximum Gasteiger partial charge on any atom is 0.244 e. The molecule has 132 valence electrons. The molecule has 0 atom stereocenters. The van der Waals surface area contributed by atoms with Gasteiger partial charge in [-0.3, -0.25) is 0 Å². The average molecular weight is 373 g/mol. The number of halogens is 1. The number of nitrogens with one attached hydrogen (secondary N) is 1. The van der Waals surface area contributed by atoms with E-state index in [9.17, 15) is 0 Å². The number of fused-ring (bicyclic) bond motifs is 1. The highest BCUT2D eigenvalue weighted by atomic mass is 35.5. The van der Waals surface area contributed by atoms with Crippen molar-refractivity contribution in [2.75, 3.05) is 5.43 Å². The van der Waals surface area contributed by atoms with Crippen molar-refractivity contribution in [2.24, 2.45) is 5.10 Å². The van der Waals surface area contributed by atoms with Crippen LogP contribution in [-0.4, -0.2) is 16.2 Å². The lowest BCUT2D eigenvalue weighted by Gasteiger charge is -2.09. The Morgan fingerprint density at radius 2 is 1.70 bits per heavy atom. The third kappa shape index (κ3) is 3.81. The molecule has 4 aromatic rings. The first-order valence-electron chi connectivity index (χ1n) is 8.58. The molecule has 0 saturated carbocycles. The van der Waals surface area contributed by atoms with Crippen LogP contribution in [0.5, 0.6) is 0 Å². The van der Waals surface area contributed by atoms with E-state index in [1.807, 2.05) is 66.7 Å². The fourth-order valence-corrected chi connectivity index (χ4v) is 3.03. The molecule has 0 aliphatic heterocycles. The normalized spacial score (nSPS) is 11.2. The molecule has 0 amide bonds. The van der Waals surface area contributed by atoms with Crippen LogP contribution >= 0.6 is 11.6 Å². The van der Waals surface area contributed by atoms with E-state index in [0.29, 0.717) is 11.0 Å². The third-order valence-corrected chi connectivity index (χ3v) is 4.52. The fourth-order valence-electron chi connectivity index (χ4n) is 2.85. The molecule has 0 aliphatic rings. The predicted molar refractivity (Wildman–Crippen MR) is 112 cm³/mol. The van der Waals surface area contributed by atoms with E-state index in [2.05, 4.69) is 28.5 Å². The number of aromatic nitrogens is 2. The van der Waals surface area contributed by atoms with Gasteiger partial charge in [-0.15, -0.1) is 0 Å². The van der Waals surface area contributed by atoms with Crippen molar-refractivity contribution in [2.45, 2.75) is 6.92 Å². The number of hydrogen-bond donors (Lipinski definition) is 1. The molecule has 4 nitrogen and oxygen atoms in total. The van der Waals surface area contributed by atoms with Gasteiger partial charge in [0.25, 0.3) is 0 Å². The van der Waals surface area contributed by atoms with Crippen LogP contribution in [0.15, 0.2) is 77.9 Å². The van der Waals surface area contributed by atoms with Crippen molar-refractivity contribution in [1.29, 1.82) is 0 Å². The summed E-state index contributed by atoms with van der Waals surface area (Å²) in [6.07, 6.45) is 1.66. The lowest BCUT2D eigenvalue weighted by atomic mass is 10.0. The minimum atomic E-state index is 0.438. The first kappa shape index (κ1) is 17.2. The quantitative estimate of drug-likeness (QED) is 0.369. The smallest absolute Gasteiger partial charge is 0.244 e. The standard InChI is InChI=1S/C22H17ClN4/c1-15-11-12-20-18(13-15)21(16-7-3-2-4-8-16)26-22(25-20)27-24-14-17-9-5-6-10-19(17)23/h2-14H,1H3,(H,25,26,27). The van der Waals surface area contributed by atoms with Gasteiger partial charge in [-0.25, -0.2) is 15.4 Å². The summed E-state index contributed by atoms with van der Waals surface area (Å²) in [6.45, 7) is 2.06. The molecule has 1 heterocycles. The highest BCUT2D eigenvalue weighted by molar-refractivity contribution is 6.33. The number of nitrogens with zero attached hydrogens (tertiary/aromatic N) is 3. The highest BCUT2D eigenvalue weighted by Gasteiger charge is 2.10. The molecule has 0 radical (unpaired) electrons. The number of rotatable bonds is 4. The minimum absolute atomic E-state index is 0.438. The summed E-state index contributed by atoms with van der Waals surface area (Å²) in [5.41, 5.74) is 7.69. The number of anilines is 1. The van der Waals surface area contributed by atoms with Gasteiger partial charge in [0.15, 0.2) is 0 Å². The van der Waals surface area contributed by atoms with Crippen molar-refractivity contribution in [1.82, 2.24) is 9.97 Å². The highest BCUT2D eigenvalue weighted by Crippen LogP contribution is 2.28. The first-order chi connectivity index (χ1) is 13.2. The maximum atomic E-state index is 6.15. The zero-order valence-electron chi connectivity index (χ0n) is 14.7. The second kappa shape index (κ2) is 7.56. The molecule has 0 bridgehead atoms. The van der Waals surface area contributed by atoms with Crippen molar-refractivity contribution in [3.63, 3.8) is 0 Å². The monoisotopic (exact) mass is 372 g/mol. The van der Waals surface area contributed by atoms with Crippen molar-refractivity contribution >= 4 is 34.7 Å². The van der Waals surface area contributed by atoms with Gasteiger partial charge in [0.1, 0.15) is 0 Å². The number of hydrogen-bond acceptors (Lipinski definition) is 4. The lowest BCUT2D eigenvalue weighted by molar-refractivity contribution is 1.15. The van der Waals surface area contributed by atoms with Gasteiger partial charge in [-0.2, -0.15) is 5.10 Å². The Balaban J connectivity index is 1.74. The molecule has 0 aliphatic carbocycles. The van der Waals surface area contributed by atoms with Crippen molar-refractivity contribution in [3.8, 4) is 11.3 Å². The van der Waals surface area contributed by atoms with Crippen LogP contribution in [0.2, 0.25) is 5.02 Å². The Bertz CT molecular complexity index is 1120. The summed E-state index contributed by atoms with van der Waals surface area (Å²) in [7, 11) is 0.